The SMILES string of the molecule is CCc1ccc(NC(=O)CSc2nncn2-c2ccccc2OC)cc1. The fourth-order valence-electron chi connectivity index (χ4n) is 2.47. The largest absolute Gasteiger partial charge is 0.495 e. The lowest BCUT2D eigenvalue weighted by Crippen LogP contribution is -2.14. The molecule has 0 spiro atoms. The van der Waals surface area contributed by atoms with Gasteiger partial charge in [0.25, 0.3) is 0 Å². The monoisotopic (exact) mass is 368 g/mol. The Hall–Kier alpha value is -2.80. The number of rotatable bonds is 7. The summed E-state index contributed by atoms with van der Waals surface area (Å²) in [5, 5.41) is 11.6. The highest BCUT2D eigenvalue weighted by atomic mass is 32.2. The van der Waals surface area contributed by atoms with E-state index in [1.807, 2.05) is 53.1 Å². The fraction of sp³-hybridized carbons (Fsp3) is 0.211. The van der Waals surface area contributed by atoms with E-state index in [4.69, 9.17) is 4.74 Å². The topological polar surface area (TPSA) is 69.0 Å². The Morgan fingerprint density at radius 1 is 1.19 bits per heavy atom. The van der Waals surface area contributed by atoms with E-state index in [-0.39, 0.29) is 11.7 Å². The number of carbonyl (C=O) groups is 1. The van der Waals surface area contributed by atoms with Crippen molar-refractivity contribution in [3.05, 3.63) is 60.4 Å². The van der Waals surface area contributed by atoms with E-state index in [1.165, 1.54) is 17.3 Å². The van der Waals surface area contributed by atoms with Crippen LogP contribution in [0.15, 0.2) is 60.0 Å². The number of hydrogen-bond acceptors (Lipinski definition) is 5. The maximum Gasteiger partial charge on any atom is 0.234 e. The Kier molecular flexibility index (Phi) is 5.91. The van der Waals surface area contributed by atoms with Crippen molar-refractivity contribution in [1.82, 2.24) is 14.8 Å². The molecule has 0 radical (unpaired) electrons. The van der Waals surface area contributed by atoms with Crippen LogP contribution in [0.2, 0.25) is 0 Å². The van der Waals surface area contributed by atoms with Gasteiger partial charge in [0, 0.05) is 5.69 Å². The second-order valence-electron chi connectivity index (χ2n) is 5.54. The number of ether oxygens (including phenoxy) is 1. The first-order valence-corrected chi connectivity index (χ1v) is 9.25. The number of nitrogens with one attached hydrogen (secondary N) is 1. The number of anilines is 1. The van der Waals surface area contributed by atoms with Gasteiger partial charge >= 0.3 is 0 Å². The van der Waals surface area contributed by atoms with Crippen LogP contribution in [0.25, 0.3) is 5.69 Å². The van der Waals surface area contributed by atoms with Gasteiger partial charge in [-0.25, -0.2) is 0 Å². The minimum Gasteiger partial charge on any atom is -0.495 e. The molecule has 26 heavy (non-hydrogen) atoms. The highest BCUT2D eigenvalue weighted by Gasteiger charge is 2.13. The summed E-state index contributed by atoms with van der Waals surface area (Å²) >= 11 is 1.32. The van der Waals surface area contributed by atoms with Crippen LogP contribution in [0, 0.1) is 0 Å². The average Bonchev–Trinajstić information content (AvgIpc) is 3.15. The summed E-state index contributed by atoms with van der Waals surface area (Å²) in [7, 11) is 1.62. The van der Waals surface area contributed by atoms with Gasteiger partial charge in [0.15, 0.2) is 5.16 Å². The van der Waals surface area contributed by atoms with E-state index >= 15 is 0 Å². The average molecular weight is 368 g/mol. The number of aryl methyl sites for hydroxylation is 1. The molecule has 1 aromatic heterocycles. The molecule has 6 nitrogen and oxygen atoms in total. The Morgan fingerprint density at radius 3 is 2.69 bits per heavy atom. The highest BCUT2D eigenvalue weighted by Crippen LogP contribution is 2.26. The zero-order valence-corrected chi connectivity index (χ0v) is 15.5. The minimum absolute atomic E-state index is 0.0891. The molecule has 3 rings (SSSR count). The lowest BCUT2D eigenvalue weighted by Gasteiger charge is -2.10. The number of carbonyl (C=O) groups excluding carboxylic acids is 1. The third-order valence-electron chi connectivity index (χ3n) is 3.84. The number of methoxy groups -OCH3 is 1. The second kappa shape index (κ2) is 8.53. The number of para-hydroxylation sites is 2. The lowest BCUT2D eigenvalue weighted by molar-refractivity contribution is -0.113. The zero-order chi connectivity index (χ0) is 18.4. The van der Waals surface area contributed by atoms with Crippen LogP contribution in [0.3, 0.4) is 0 Å². The van der Waals surface area contributed by atoms with Gasteiger partial charge in [0.2, 0.25) is 5.91 Å². The van der Waals surface area contributed by atoms with E-state index in [0.717, 1.165) is 23.5 Å². The molecule has 134 valence electrons. The summed E-state index contributed by atoms with van der Waals surface area (Å²) in [6.45, 7) is 2.10. The molecule has 0 saturated carbocycles. The summed E-state index contributed by atoms with van der Waals surface area (Å²) in [4.78, 5) is 12.2. The molecule has 2 aromatic carbocycles. The van der Waals surface area contributed by atoms with Crippen LogP contribution in [0.1, 0.15) is 12.5 Å². The molecular formula is C19H20N4O2S. The van der Waals surface area contributed by atoms with Crippen molar-refractivity contribution in [2.45, 2.75) is 18.5 Å². The maximum atomic E-state index is 12.2. The Morgan fingerprint density at radius 2 is 1.96 bits per heavy atom. The van der Waals surface area contributed by atoms with Gasteiger partial charge in [-0.3, -0.25) is 9.36 Å². The van der Waals surface area contributed by atoms with Crippen molar-refractivity contribution in [2.75, 3.05) is 18.2 Å². The third-order valence-corrected chi connectivity index (χ3v) is 4.78. The molecule has 1 heterocycles. The van der Waals surface area contributed by atoms with Gasteiger partial charge in [0.05, 0.1) is 18.6 Å². The minimum atomic E-state index is -0.0891. The molecule has 0 aliphatic rings. The van der Waals surface area contributed by atoms with Crippen molar-refractivity contribution in [1.29, 1.82) is 0 Å². The van der Waals surface area contributed by atoms with Gasteiger partial charge in [-0.1, -0.05) is 43.0 Å². The summed E-state index contributed by atoms with van der Waals surface area (Å²) in [5.41, 5.74) is 2.86. The van der Waals surface area contributed by atoms with Crippen LogP contribution in [0.4, 0.5) is 5.69 Å². The van der Waals surface area contributed by atoms with Crippen molar-refractivity contribution >= 4 is 23.4 Å². The first kappa shape index (κ1) is 18.0. The van der Waals surface area contributed by atoms with Crippen LogP contribution in [-0.2, 0) is 11.2 Å². The Labute approximate surface area is 156 Å². The maximum absolute atomic E-state index is 12.2. The molecule has 1 N–H and O–H groups in total. The van der Waals surface area contributed by atoms with E-state index in [0.29, 0.717) is 5.16 Å². The van der Waals surface area contributed by atoms with Crippen molar-refractivity contribution < 1.29 is 9.53 Å². The Balaban J connectivity index is 1.65. The number of thioether (sulfide) groups is 1. The van der Waals surface area contributed by atoms with Crippen LogP contribution in [0.5, 0.6) is 5.75 Å². The smallest absolute Gasteiger partial charge is 0.234 e. The van der Waals surface area contributed by atoms with E-state index in [1.54, 1.807) is 13.4 Å². The fourth-order valence-corrected chi connectivity index (χ4v) is 3.19. The molecular weight excluding hydrogens is 348 g/mol. The summed E-state index contributed by atoms with van der Waals surface area (Å²) in [6.07, 6.45) is 2.59. The predicted octanol–water partition coefficient (Wildman–Crippen LogP) is 3.57. The van der Waals surface area contributed by atoms with Crippen molar-refractivity contribution in [3.8, 4) is 11.4 Å². The zero-order valence-electron chi connectivity index (χ0n) is 14.7. The number of aromatic nitrogens is 3. The normalized spacial score (nSPS) is 10.5. The molecule has 0 saturated heterocycles. The van der Waals surface area contributed by atoms with Crippen molar-refractivity contribution in [3.63, 3.8) is 0 Å². The third kappa shape index (κ3) is 4.23. The number of amides is 1. The number of nitrogens with zero attached hydrogens (tertiary/aromatic N) is 3. The first-order valence-electron chi connectivity index (χ1n) is 8.26. The standard InChI is InChI=1S/C19H20N4O2S/c1-3-14-8-10-15(11-9-14)21-18(24)12-26-19-22-20-13-23(19)16-6-4-5-7-17(16)25-2/h4-11,13H,3,12H2,1-2H3,(H,21,24). The van der Waals surface area contributed by atoms with Gasteiger partial charge in [-0.2, -0.15) is 0 Å². The lowest BCUT2D eigenvalue weighted by atomic mass is 10.1. The molecule has 0 aliphatic carbocycles. The van der Waals surface area contributed by atoms with Crippen LogP contribution >= 0.6 is 11.8 Å². The summed E-state index contributed by atoms with van der Waals surface area (Å²) < 4.78 is 7.19. The molecule has 3 aromatic rings. The predicted molar refractivity (Wildman–Crippen MR) is 103 cm³/mol. The summed E-state index contributed by atoms with van der Waals surface area (Å²) in [5.74, 6) is 0.868. The molecule has 1 amide bonds. The van der Waals surface area contributed by atoms with E-state index in [9.17, 15) is 4.79 Å². The molecule has 0 aliphatic heterocycles. The molecule has 0 unspecified atom stereocenters. The van der Waals surface area contributed by atoms with Crippen LogP contribution in [-0.4, -0.2) is 33.5 Å². The van der Waals surface area contributed by atoms with Gasteiger partial charge in [0.1, 0.15) is 12.1 Å². The first-order chi connectivity index (χ1) is 12.7. The van der Waals surface area contributed by atoms with Gasteiger partial charge in [-0.15, -0.1) is 10.2 Å². The second-order valence-corrected chi connectivity index (χ2v) is 6.49. The Bertz CT molecular complexity index is 877. The summed E-state index contributed by atoms with van der Waals surface area (Å²) in [6, 6.07) is 15.5. The van der Waals surface area contributed by atoms with E-state index in [2.05, 4.69) is 22.4 Å². The molecule has 0 fully saturated rings. The highest BCUT2D eigenvalue weighted by molar-refractivity contribution is 7.99. The van der Waals surface area contributed by atoms with E-state index < -0.39 is 0 Å². The van der Waals surface area contributed by atoms with Gasteiger partial charge < -0.3 is 10.1 Å². The van der Waals surface area contributed by atoms with Gasteiger partial charge in [-0.05, 0) is 36.2 Å². The number of hydrogen-bond donors (Lipinski definition) is 1. The number of benzene rings is 2. The molecule has 0 bridgehead atoms. The quantitative estimate of drug-likeness (QED) is 0.646. The molecule has 7 heteroatoms. The van der Waals surface area contributed by atoms with Crippen LogP contribution < -0.4 is 10.1 Å². The molecule has 0 atom stereocenters. The van der Waals surface area contributed by atoms with Crippen molar-refractivity contribution in [2.24, 2.45) is 0 Å².